The molecule has 51 heavy (non-hydrogen) atoms. The molecule has 14 heteroatoms. The first-order valence-corrected chi connectivity index (χ1v) is 17.0. The summed E-state index contributed by atoms with van der Waals surface area (Å²) in [6.07, 6.45) is 2.72. The van der Waals surface area contributed by atoms with E-state index >= 15 is 8.78 Å². The number of anilines is 1. The van der Waals surface area contributed by atoms with Crippen molar-refractivity contribution in [2.24, 2.45) is 5.92 Å². The number of carbonyl (C=O) groups excluding carboxylic acids is 1. The highest BCUT2D eigenvalue weighted by Crippen LogP contribution is 2.41. The van der Waals surface area contributed by atoms with Crippen LogP contribution in [0.1, 0.15) is 51.4 Å². The Hall–Kier alpha value is -4.65. The highest BCUT2D eigenvalue weighted by atomic mass is 35.5. The number of halogens is 4. The van der Waals surface area contributed by atoms with Crippen molar-refractivity contribution >= 4 is 41.0 Å². The number of nitrogens with zero attached hydrogens (tertiary/aromatic N) is 3. The first kappa shape index (κ1) is 36.2. The van der Waals surface area contributed by atoms with Gasteiger partial charge in [0.2, 0.25) is 12.4 Å². The van der Waals surface area contributed by atoms with Crippen LogP contribution in [0, 0.1) is 17.6 Å². The molecule has 1 amide bonds. The molecular formula is C37H36Cl2F2N3O7+. The smallest absolute Gasteiger partial charge is 0.415 e. The number of methoxy groups -OCH3 is 2. The third-order valence-electron chi connectivity index (χ3n) is 9.67. The number of pyridine rings is 1. The second-order valence-corrected chi connectivity index (χ2v) is 13.4. The molecule has 4 aromatic rings. The number of carboxylic acid groups (broad SMARTS) is 1. The lowest BCUT2D eigenvalue weighted by atomic mass is 9.80. The number of fused-ring (bicyclic) bond motifs is 3. The van der Waals surface area contributed by atoms with Gasteiger partial charge in [0, 0.05) is 22.8 Å². The van der Waals surface area contributed by atoms with Crippen LogP contribution in [0.3, 0.4) is 0 Å². The maximum absolute atomic E-state index is 15.5. The van der Waals surface area contributed by atoms with E-state index in [4.69, 9.17) is 37.4 Å². The van der Waals surface area contributed by atoms with E-state index < -0.39 is 48.0 Å². The zero-order valence-corrected chi connectivity index (χ0v) is 29.3. The lowest BCUT2D eigenvalue weighted by Gasteiger charge is -2.44. The third kappa shape index (κ3) is 7.53. The predicted octanol–water partition coefficient (Wildman–Crippen LogP) is 7.12. The zero-order valence-electron chi connectivity index (χ0n) is 27.8. The molecule has 0 aliphatic carbocycles. The van der Waals surface area contributed by atoms with Crippen molar-refractivity contribution < 1.29 is 47.6 Å². The van der Waals surface area contributed by atoms with Gasteiger partial charge in [-0.05, 0) is 85.3 Å². The molecule has 2 bridgehead atoms. The minimum atomic E-state index is -1.28. The molecular weight excluding hydrogens is 707 g/mol. The van der Waals surface area contributed by atoms with E-state index in [-0.39, 0.29) is 39.1 Å². The van der Waals surface area contributed by atoms with Gasteiger partial charge in [-0.25, -0.2) is 18.4 Å². The summed E-state index contributed by atoms with van der Waals surface area (Å²) in [7, 11) is 2.94. The van der Waals surface area contributed by atoms with Crippen molar-refractivity contribution in [3.05, 3.63) is 116 Å². The van der Waals surface area contributed by atoms with Gasteiger partial charge in [0.15, 0.2) is 11.5 Å². The number of hydrogen-bond donors (Lipinski definition) is 2. The van der Waals surface area contributed by atoms with Gasteiger partial charge >= 0.3 is 12.1 Å². The fraction of sp³-hybridized carbons (Fsp3) is 0.324. The molecule has 0 unspecified atom stereocenters. The fourth-order valence-electron chi connectivity index (χ4n) is 7.13. The molecule has 0 radical (unpaired) electrons. The number of piperidine rings is 3. The number of carbonyl (C=O) groups is 2. The van der Waals surface area contributed by atoms with E-state index in [1.54, 1.807) is 24.3 Å². The lowest BCUT2D eigenvalue weighted by Crippen LogP contribution is -2.53. The molecule has 3 aliphatic rings. The van der Waals surface area contributed by atoms with Crippen LogP contribution in [0.2, 0.25) is 10.0 Å². The summed E-state index contributed by atoms with van der Waals surface area (Å²) in [6, 6.07) is 12.8. The van der Waals surface area contributed by atoms with Crippen LogP contribution < -0.4 is 19.1 Å². The second kappa shape index (κ2) is 15.3. The molecule has 268 valence electrons. The van der Waals surface area contributed by atoms with Crippen LogP contribution in [0.5, 0.6) is 11.5 Å². The van der Waals surface area contributed by atoms with E-state index in [1.165, 1.54) is 44.8 Å². The number of aromatic nitrogens is 1. The van der Waals surface area contributed by atoms with Crippen molar-refractivity contribution in [2.75, 3.05) is 38.8 Å². The largest absolute Gasteiger partial charge is 0.493 e. The van der Waals surface area contributed by atoms with Gasteiger partial charge < -0.3 is 19.3 Å². The quantitative estimate of drug-likeness (QED) is 0.123. The number of para-hydroxylation sites is 1. The molecule has 1 aromatic heterocycles. The van der Waals surface area contributed by atoms with Crippen molar-refractivity contribution in [2.45, 2.75) is 37.8 Å². The Balaban J connectivity index is 1.51. The lowest BCUT2D eigenvalue weighted by molar-refractivity contribution is -0.904. The van der Waals surface area contributed by atoms with Crippen molar-refractivity contribution in [1.29, 1.82) is 0 Å². The topological polar surface area (TPSA) is 113 Å². The Bertz CT molecular complexity index is 1910. The van der Waals surface area contributed by atoms with Gasteiger partial charge in [0.25, 0.3) is 0 Å². The molecule has 3 saturated heterocycles. The van der Waals surface area contributed by atoms with E-state index in [2.05, 4.69) is 4.90 Å². The summed E-state index contributed by atoms with van der Waals surface area (Å²) in [5, 5.41) is 20.8. The Morgan fingerprint density at radius 2 is 1.63 bits per heavy atom. The van der Waals surface area contributed by atoms with Gasteiger partial charge in [-0.1, -0.05) is 47.5 Å². The van der Waals surface area contributed by atoms with Crippen molar-refractivity contribution in [3.8, 4) is 11.5 Å². The van der Waals surface area contributed by atoms with Crippen LogP contribution in [0.25, 0.3) is 0 Å². The Labute approximate surface area is 303 Å². The summed E-state index contributed by atoms with van der Waals surface area (Å²) >= 11 is 13.2. The molecule has 2 atom stereocenters. The standard InChI is InChI=1S/C37H35Cl2F2N3O7/c1-49-31-10-9-22(15-32(31)50-2)25(16-26-27(38)18-43(48)19-28(26)39)34-23(5-3-6-24(34)36(45)46)17-44(35-29(40)7-4-8-30(35)41)37(47)51-33-20-42-13-11-21(33)12-14-42/h3-10,15,18-19,21,25,33H,11-14,16-17,20H2,1-2H3,(H-,45,46,48)/p+1/t25-,33-/m0/s1. The molecule has 3 fully saturated rings. The van der Waals surface area contributed by atoms with Gasteiger partial charge in [-0.15, -0.1) is 0 Å². The number of aromatic carboxylic acids is 1. The zero-order chi connectivity index (χ0) is 36.4. The minimum absolute atomic E-state index is 0.00335. The van der Waals surface area contributed by atoms with Gasteiger partial charge in [0.05, 0.1) is 26.3 Å². The normalized spacial score (nSPS) is 18.6. The summed E-state index contributed by atoms with van der Waals surface area (Å²) < 4.78 is 48.7. The van der Waals surface area contributed by atoms with Crippen LogP contribution in [-0.2, 0) is 17.7 Å². The average Bonchev–Trinajstić information content (AvgIpc) is 3.11. The number of amides is 1. The number of hydrogen-bond acceptors (Lipinski definition) is 7. The molecule has 4 heterocycles. The first-order valence-electron chi connectivity index (χ1n) is 16.3. The van der Waals surface area contributed by atoms with E-state index in [9.17, 15) is 19.9 Å². The maximum Gasteiger partial charge on any atom is 0.415 e. The summed E-state index contributed by atoms with van der Waals surface area (Å²) in [5.74, 6) is -3.23. The van der Waals surface area contributed by atoms with Crippen LogP contribution in [0.4, 0.5) is 19.3 Å². The Morgan fingerprint density at radius 3 is 2.22 bits per heavy atom. The van der Waals surface area contributed by atoms with Crippen LogP contribution in [-0.4, -0.2) is 67.2 Å². The molecule has 0 spiro atoms. The predicted molar refractivity (Wildman–Crippen MR) is 184 cm³/mol. The molecule has 10 nitrogen and oxygen atoms in total. The number of carboxylic acids is 1. The van der Waals surface area contributed by atoms with Crippen molar-refractivity contribution in [1.82, 2.24) is 4.90 Å². The SMILES string of the molecule is COc1ccc([C@H](Cc2c(Cl)c[n+](O)cc2Cl)c2c(CN(C(=O)O[C@H]3CN4CCC3CC4)c3c(F)cccc3F)cccc2C(=O)O)cc1OC. The van der Waals surface area contributed by atoms with Crippen LogP contribution >= 0.6 is 23.2 Å². The van der Waals surface area contributed by atoms with Gasteiger partial charge in [-0.2, -0.15) is 0 Å². The second-order valence-electron chi connectivity index (χ2n) is 12.6. The van der Waals surface area contributed by atoms with E-state index in [1.807, 2.05) is 0 Å². The molecule has 7 rings (SSSR count). The third-order valence-corrected chi connectivity index (χ3v) is 10.3. The Morgan fingerprint density at radius 1 is 0.980 bits per heavy atom. The van der Waals surface area contributed by atoms with Gasteiger partial charge in [-0.3, -0.25) is 15.0 Å². The maximum atomic E-state index is 15.5. The summed E-state index contributed by atoms with van der Waals surface area (Å²) in [5.41, 5.74) is 0.667. The highest BCUT2D eigenvalue weighted by Gasteiger charge is 2.39. The van der Waals surface area contributed by atoms with Gasteiger partial charge in [0.1, 0.15) is 33.5 Å². The minimum Gasteiger partial charge on any atom is -0.493 e. The fourth-order valence-corrected chi connectivity index (χ4v) is 7.74. The average molecular weight is 744 g/mol. The van der Waals surface area contributed by atoms with E-state index in [0.29, 0.717) is 33.9 Å². The highest BCUT2D eigenvalue weighted by molar-refractivity contribution is 6.35. The summed E-state index contributed by atoms with van der Waals surface area (Å²) in [6.45, 7) is 1.84. The summed E-state index contributed by atoms with van der Waals surface area (Å²) in [4.78, 5) is 30.1. The monoisotopic (exact) mass is 742 g/mol. The van der Waals surface area contributed by atoms with E-state index in [0.717, 1.165) is 43.0 Å². The van der Waals surface area contributed by atoms with Crippen LogP contribution in [0.15, 0.2) is 67.0 Å². The molecule has 2 N–H and O–H groups in total. The first-order chi connectivity index (χ1) is 24.5. The van der Waals surface area contributed by atoms with Crippen molar-refractivity contribution in [3.63, 3.8) is 0 Å². The molecule has 3 aliphatic heterocycles. The molecule has 3 aromatic carbocycles. The number of rotatable bonds is 11. The number of benzene rings is 3. The molecule has 0 saturated carbocycles. The number of ether oxygens (including phenoxy) is 3. The Kier molecular flexibility index (Phi) is 10.8.